The molecular weight excluding hydrogens is 965 g/mol. The van der Waals surface area contributed by atoms with Gasteiger partial charge in [0.1, 0.15) is 18.4 Å². The Bertz CT molecular complexity index is 3280. The van der Waals surface area contributed by atoms with Gasteiger partial charge in [0, 0.05) is 61.4 Å². The monoisotopic (exact) mass is 1020 g/mol. The Labute approximate surface area is 440 Å². The molecule has 0 saturated carbocycles. The molecule has 76 heavy (non-hydrogen) atoms. The molecule has 0 saturated heterocycles. The molecular formula is C60H56N6O10. The Hall–Kier alpha value is -9.18. The first-order chi connectivity index (χ1) is 37.1. The second-order valence-electron chi connectivity index (χ2n) is 18.5. The minimum absolute atomic E-state index is 0.0981. The van der Waals surface area contributed by atoms with Crippen LogP contribution >= 0.6 is 0 Å². The van der Waals surface area contributed by atoms with Crippen LogP contribution in [0, 0.1) is 0 Å². The van der Waals surface area contributed by atoms with Crippen LogP contribution in [0.3, 0.4) is 0 Å². The summed E-state index contributed by atoms with van der Waals surface area (Å²) in [4.78, 5) is 64.6. The molecule has 6 aromatic rings. The quantitative estimate of drug-likeness (QED) is 0.0787. The highest BCUT2D eigenvalue weighted by molar-refractivity contribution is 6.06. The molecule has 16 nitrogen and oxygen atoms in total. The number of ether oxygens (including phenoxy) is 6. The highest BCUT2D eigenvalue weighted by atomic mass is 16.5. The summed E-state index contributed by atoms with van der Waals surface area (Å²) < 4.78 is 34.6. The fourth-order valence-electron chi connectivity index (χ4n) is 9.72. The van der Waals surface area contributed by atoms with Gasteiger partial charge < -0.3 is 49.3 Å². The smallest absolute Gasteiger partial charge is 0.407 e. The van der Waals surface area contributed by atoms with Gasteiger partial charge in [-0.05, 0) is 101 Å². The molecule has 0 aromatic heterocycles. The van der Waals surface area contributed by atoms with E-state index in [1.54, 1.807) is 74.0 Å². The number of carbonyl (C=O) groups is 4. The van der Waals surface area contributed by atoms with Crippen LogP contribution in [0.4, 0.5) is 21.9 Å². The molecule has 0 spiro atoms. The van der Waals surface area contributed by atoms with E-state index in [4.69, 9.17) is 33.4 Å². The molecule has 4 aliphatic rings. The number of hydrogen-bond acceptors (Lipinski definition) is 12. The van der Waals surface area contributed by atoms with E-state index in [9.17, 15) is 19.2 Å². The zero-order chi connectivity index (χ0) is 52.7. The molecule has 10 rings (SSSR count). The summed E-state index contributed by atoms with van der Waals surface area (Å²) in [5.41, 5.74) is 10.3. The maximum Gasteiger partial charge on any atom is 0.407 e. The number of anilines is 1. The molecule has 1 aliphatic carbocycles. The molecule has 3 aliphatic heterocycles. The van der Waals surface area contributed by atoms with E-state index in [0.717, 1.165) is 50.3 Å². The second-order valence-corrected chi connectivity index (χ2v) is 18.5. The first kappa shape index (κ1) is 50.4. The van der Waals surface area contributed by atoms with Crippen LogP contribution in [-0.4, -0.2) is 94.4 Å². The van der Waals surface area contributed by atoms with Crippen molar-refractivity contribution in [2.45, 2.75) is 50.6 Å². The second kappa shape index (κ2) is 22.5. The zero-order valence-electron chi connectivity index (χ0n) is 42.5. The lowest BCUT2D eigenvalue weighted by Crippen LogP contribution is -2.42. The number of nitrogens with zero attached hydrogens (tertiary/aromatic N) is 3. The minimum atomic E-state index is -0.873. The average molecular weight is 1020 g/mol. The highest BCUT2D eigenvalue weighted by Gasteiger charge is 2.34. The summed E-state index contributed by atoms with van der Waals surface area (Å²) >= 11 is 0. The molecule has 2 atom stereocenters. The lowest BCUT2D eigenvalue weighted by atomic mass is 9.98. The first-order valence-corrected chi connectivity index (χ1v) is 25.1. The normalized spacial score (nSPS) is 16.4. The largest absolute Gasteiger partial charge is 0.497 e. The maximum absolute atomic E-state index is 13.8. The van der Waals surface area contributed by atoms with Crippen molar-refractivity contribution in [3.05, 3.63) is 167 Å². The summed E-state index contributed by atoms with van der Waals surface area (Å²) in [6.45, 7) is 2.25. The van der Waals surface area contributed by atoms with E-state index in [1.165, 1.54) is 14.2 Å². The third-order valence-corrected chi connectivity index (χ3v) is 13.8. The van der Waals surface area contributed by atoms with Gasteiger partial charge in [-0.2, -0.15) is 0 Å². The Morgan fingerprint density at radius 3 is 1.99 bits per heavy atom. The number of nitrogens with one attached hydrogen (secondary N) is 3. The van der Waals surface area contributed by atoms with Gasteiger partial charge in [-0.25, -0.2) is 4.79 Å². The van der Waals surface area contributed by atoms with Crippen molar-refractivity contribution >= 4 is 64.5 Å². The third-order valence-electron chi connectivity index (χ3n) is 13.8. The molecule has 0 radical (unpaired) electrons. The van der Waals surface area contributed by atoms with Crippen molar-refractivity contribution in [3.8, 4) is 39.9 Å². The van der Waals surface area contributed by atoms with E-state index in [1.807, 2.05) is 79.0 Å². The van der Waals surface area contributed by atoms with Gasteiger partial charge in [0.05, 0.1) is 63.1 Å². The van der Waals surface area contributed by atoms with Crippen molar-refractivity contribution in [1.82, 2.24) is 15.5 Å². The minimum Gasteiger partial charge on any atom is -0.497 e. The lowest BCUT2D eigenvalue weighted by molar-refractivity contribution is -0.117. The molecule has 386 valence electrons. The van der Waals surface area contributed by atoms with Crippen LogP contribution in [0.25, 0.3) is 22.3 Å². The number of hydrogen-bond donors (Lipinski definition) is 3. The Kier molecular flexibility index (Phi) is 14.9. The lowest BCUT2D eigenvalue weighted by Gasteiger charge is -2.19. The molecule has 4 amide bonds. The molecule has 0 unspecified atom stereocenters. The number of rotatable bonds is 16. The van der Waals surface area contributed by atoms with Crippen molar-refractivity contribution in [1.29, 1.82) is 0 Å². The number of amides is 4. The molecule has 3 heterocycles. The fourth-order valence-corrected chi connectivity index (χ4v) is 9.72. The Balaban J connectivity index is 0.707. The number of carbonyl (C=O) groups excluding carboxylic acids is 4. The summed E-state index contributed by atoms with van der Waals surface area (Å²) in [6, 6.07) is 36.8. The van der Waals surface area contributed by atoms with Gasteiger partial charge in [0.15, 0.2) is 23.0 Å². The molecule has 6 aromatic carbocycles. The van der Waals surface area contributed by atoms with Crippen LogP contribution in [0.1, 0.15) is 81.5 Å². The zero-order valence-corrected chi connectivity index (χ0v) is 42.5. The van der Waals surface area contributed by atoms with E-state index >= 15 is 0 Å². The van der Waals surface area contributed by atoms with Crippen LogP contribution in [0.2, 0.25) is 0 Å². The topological polar surface area (TPSA) is 188 Å². The number of benzene rings is 6. The highest BCUT2D eigenvalue weighted by Crippen LogP contribution is 2.45. The predicted octanol–water partition coefficient (Wildman–Crippen LogP) is 10.7. The van der Waals surface area contributed by atoms with Gasteiger partial charge in [-0.3, -0.25) is 24.4 Å². The van der Waals surface area contributed by atoms with Gasteiger partial charge in [-0.1, -0.05) is 72.8 Å². The van der Waals surface area contributed by atoms with Crippen LogP contribution in [0.5, 0.6) is 28.7 Å². The summed E-state index contributed by atoms with van der Waals surface area (Å²) in [7, 11) is 4.66. The number of aliphatic imine (C=N–C) groups is 2. The van der Waals surface area contributed by atoms with Gasteiger partial charge in [-0.15, -0.1) is 0 Å². The van der Waals surface area contributed by atoms with Crippen molar-refractivity contribution in [3.63, 3.8) is 0 Å². The van der Waals surface area contributed by atoms with Gasteiger partial charge >= 0.3 is 6.09 Å². The first-order valence-electron chi connectivity index (χ1n) is 25.1. The van der Waals surface area contributed by atoms with Crippen LogP contribution in [-0.2, 0) is 9.53 Å². The van der Waals surface area contributed by atoms with E-state index < -0.39 is 18.0 Å². The molecule has 0 fully saturated rings. The van der Waals surface area contributed by atoms with Crippen molar-refractivity contribution < 1.29 is 47.6 Å². The van der Waals surface area contributed by atoms with Crippen molar-refractivity contribution in [2.75, 3.05) is 46.5 Å². The van der Waals surface area contributed by atoms with E-state index in [-0.39, 0.29) is 43.6 Å². The average Bonchev–Trinajstić information content (AvgIpc) is 4.02. The van der Waals surface area contributed by atoms with E-state index in [2.05, 4.69) is 33.1 Å². The van der Waals surface area contributed by atoms with Gasteiger partial charge in [0.2, 0.25) is 5.91 Å². The summed E-state index contributed by atoms with van der Waals surface area (Å²) in [5, 5.41) is 8.43. The third kappa shape index (κ3) is 10.7. The molecule has 3 N–H and O–H groups in total. The summed E-state index contributed by atoms with van der Waals surface area (Å²) in [5.74, 6) is 1.31. The fraction of sp³-hybridized carbons (Fsp3) is 0.233. The maximum atomic E-state index is 13.8. The van der Waals surface area contributed by atoms with Crippen molar-refractivity contribution in [2.24, 2.45) is 9.98 Å². The van der Waals surface area contributed by atoms with Crippen LogP contribution in [0.15, 0.2) is 144 Å². The number of fused-ring (bicyclic) bond motifs is 6. The van der Waals surface area contributed by atoms with Crippen LogP contribution < -0.4 is 39.6 Å². The SMILES string of the molecule is COc1ccc(C2=CN3C(=O)c4cc(OC)c(OCCCOc5cc6c(cc5OC)C(=O)N/C=C(/c5ccc(NC(=O)[C@H](C)NC(=O)OCC7c8ccccc8-c8ccccc87)cc5)CCC=N6)cc4N=C[C@@H]3C2)cc1. The van der Waals surface area contributed by atoms with Gasteiger partial charge in [0.25, 0.3) is 11.8 Å². The molecule has 16 heteroatoms. The predicted molar refractivity (Wildman–Crippen MR) is 291 cm³/mol. The number of alkyl carbamates (subject to hydrolysis) is 1. The summed E-state index contributed by atoms with van der Waals surface area (Å²) in [6.07, 6.45) is 8.67. The Morgan fingerprint density at radius 1 is 0.711 bits per heavy atom. The number of allylic oxidation sites excluding steroid dienone is 1. The molecule has 0 bridgehead atoms. The standard InChI is InChI=1S/C60H56N6O10/c1-36(64-60(70)76-35-50-46-14-7-5-12-44(46)45-13-6-8-15-47(45)50)57(67)65-41-20-16-37(17-21-41)39-11-9-24-61-51-30-55(53(72-3)28-48(51)58(68)63-32-39)74-25-10-26-75-56-31-52-49(29-54(56)73-4)59(69)66-34-40(27-42(66)33-62-52)38-18-22-43(71-2)23-19-38/h5-8,12-24,28-34,36,42,50H,9-11,25-27,35H2,1-4H3,(H,63,68)(H,64,70)(H,65,67)/b39-32+,61-24?/t36-,42-/m0/s1. The van der Waals surface area contributed by atoms with E-state index in [0.29, 0.717) is 76.9 Å². The number of methoxy groups -OCH3 is 3. The Morgan fingerprint density at radius 2 is 1.33 bits per heavy atom.